The Kier molecular flexibility index (Phi) is 11.1. The number of carbonyl (C=O) groups excluding carboxylic acids is 1. The second-order valence-electron chi connectivity index (χ2n) is 6.48. The lowest BCUT2D eigenvalue weighted by Crippen LogP contribution is -2.38. The number of carbonyl (C=O) groups is 1. The van der Waals surface area contributed by atoms with E-state index >= 15 is 0 Å². The number of nitrogens with zero attached hydrogens (tertiary/aromatic N) is 2. The largest absolute Gasteiger partial charge is 0.494 e. The Hall–Kier alpha value is -2.29. The third kappa shape index (κ3) is 8.72. The standard InChI is InChI=1S/C22H30N4O2.HI/c1-5-23-22(24-15-19-8-7-9-20(14-19)25-17(3)27)26(4)16-18-10-12-21(13-11-18)28-6-2;/h7-14H,5-6,15-16H2,1-4H3,(H,23,24)(H,25,27);1H. The van der Waals surface area contributed by atoms with E-state index < -0.39 is 0 Å². The summed E-state index contributed by atoms with van der Waals surface area (Å²) in [5, 5.41) is 6.14. The SMILES string of the molecule is CCNC(=NCc1cccc(NC(C)=O)c1)N(C)Cc1ccc(OCC)cc1.I. The predicted octanol–water partition coefficient (Wildman–Crippen LogP) is 4.26. The van der Waals surface area contributed by atoms with Crippen molar-refractivity contribution in [2.75, 3.05) is 25.5 Å². The minimum Gasteiger partial charge on any atom is -0.494 e. The number of aliphatic imine (C=N–C) groups is 1. The number of nitrogens with one attached hydrogen (secondary N) is 2. The van der Waals surface area contributed by atoms with Crippen molar-refractivity contribution in [2.45, 2.75) is 33.9 Å². The van der Waals surface area contributed by atoms with Gasteiger partial charge >= 0.3 is 0 Å². The van der Waals surface area contributed by atoms with Crippen LogP contribution in [-0.4, -0.2) is 37.0 Å². The number of halogens is 1. The summed E-state index contributed by atoms with van der Waals surface area (Å²) >= 11 is 0. The van der Waals surface area contributed by atoms with Gasteiger partial charge in [0, 0.05) is 32.7 Å². The Morgan fingerprint density at radius 3 is 2.45 bits per heavy atom. The summed E-state index contributed by atoms with van der Waals surface area (Å²) in [6.45, 7) is 8.26. The fourth-order valence-corrected chi connectivity index (χ4v) is 2.79. The van der Waals surface area contributed by atoms with E-state index in [9.17, 15) is 4.79 Å². The van der Waals surface area contributed by atoms with Gasteiger partial charge in [0.2, 0.25) is 5.91 Å². The molecule has 0 bridgehead atoms. The number of rotatable bonds is 8. The van der Waals surface area contributed by atoms with Gasteiger partial charge in [-0.05, 0) is 49.2 Å². The lowest BCUT2D eigenvalue weighted by molar-refractivity contribution is -0.114. The lowest BCUT2D eigenvalue weighted by Gasteiger charge is -2.22. The van der Waals surface area contributed by atoms with Crippen molar-refractivity contribution >= 4 is 41.5 Å². The highest BCUT2D eigenvalue weighted by Crippen LogP contribution is 2.14. The van der Waals surface area contributed by atoms with Gasteiger partial charge in [-0.25, -0.2) is 4.99 Å². The molecular formula is C22H31IN4O2. The third-order valence-corrected chi connectivity index (χ3v) is 4.01. The van der Waals surface area contributed by atoms with E-state index in [1.165, 1.54) is 12.5 Å². The molecule has 0 saturated carbocycles. The second kappa shape index (κ2) is 13.0. The van der Waals surface area contributed by atoms with Gasteiger partial charge in [-0.1, -0.05) is 24.3 Å². The first-order valence-corrected chi connectivity index (χ1v) is 9.59. The Morgan fingerprint density at radius 2 is 1.83 bits per heavy atom. The molecule has 29 heavy (non-hydrogen) atoms. The molecule has 2 aromatic carbocycles. The predicted molar refractivity (Wildman–Crippen MR) is 130 cm³/mol. The van der Waals surface area contributed by atoms with Crippen LogP contribution in [0.25, 0.3) is 0 Å². The molecule has 158 valence electrons. The molecule has 1 amide bonds. The van der Waals surface area contributed by atoms with Crippen LogP contribution in [0.15, 0.2) is 53.5 Å². The molecule has 0 radical (unpaired) electrons. The Bertz CT molecular complexity index is 794. The molecule has 0 atom stereocenters. The molecule has 0 fully saturated rings. The highest BCUT2D eigenvalue weighted by molar-refractivity contribution is 14.0. The smallest absolute Gasteiger partial charge is 0.221 e. The molecule has 0 aliphatic carbocycles. The van der Waals surface area contributed by atoms with E-state index in [1.807, 2.05) is 50.4 Å². The topological polar surface area (TPSA) is 66.0 Å². The molecule has 7 heteroatoms. The number of ether oxygens (including phenoxy) is 1. The van der Waals surface area contributed by atoms with Gasteiger partial charge in [-0.3, -0.25) is 4.79 Å². The van der Waals surface area contributed by atoms with Crippen molar-refractivity contribution in [1.82, 2.24) is 10.2 Å². The van der Waals surface area contributed by atoms with Gasteiger partial charge in [-0.15, -0.1) is 24.0 Å². The fourth-order valence-electron chi connectivity index (χ4n) is 2.79. The first kappa shape index (κ1) is 24.7. The normalized spacial score (nSPS) is 10.7. The van der Waals surface area contributed by atoms with Crippen LogP contribution < -0.4 is 15.4 Å². The lowest BCUT2D eigenvalue weighted by atomic mass is 10.2. The van der Waals surface area contributed by atoms with Gasteiger partial charge in [0.25, 0.3) is 0 Å². The maximum Gasteiger partial charge on any atom is 0.221 e. The molecule has 0 saturated heterocycles. The summed E-state index contributed by atoms with van der Waals surface area (Å²) in [4.78, 5) is 18.1. The molecule has 6 nitrogen and oxygen atoms in total. The molecule has 2 rings (SSSR count). The van der Waals surface area contributed by atoms with Gasteiger partial charge < -0.3 is 20.3 Å². The highest BCUT2D eigenvalue weighted by atomic mass is 127. The molecule has 0 aliphatic heterocycles. The molecule has 2 aromatic rings. The van der Waals surface area contributed by atoms with Crippen molar-refractivity contribution in [3.8, 4) is 5.75 Å². The quantitative estimate of drug-likeness (QED) is 0.317. The van der Waals surface area contributed by atoms with Gasteiger partial charge in [0.15, 0.2) is 5.96 Å². The summed E-state index contributed by atoms with van der Waals surface area (Å²) in [6, 6.07) is 15.9. The number of guanidine groups is 1. The van der Waals surface area contributed by atoms with Crippen LogP contribution in [0.1, 0.15) is 31.9 Å². The van der Waals surface area contributed by atoms with E-state index in [-0.39, 0.29) is 29.9 Å². The van der Waals surface area contributed by atoms with Crippen LogP contribution in [0, 0.1) is 0 Å². The van der Waals surface area contributed by atoms with Crippen LogP contribution in [0.3, 0.4) is 0 Å². The van der Waals surface area contributed by atoms with E-state index in [1.54, 1.807) is 0 Å². The second-order valence-corrected chi connectivity index (χ2v) is 6.48. The van der Waals surface area contributed by atoms with Crippen LogP contribution in [-0.2, 0) is 17.9 Å². The number of anilines is 1. The number of hydrogen-bond acceptors (Lipinski definition) is 3. The van der Waals surface area contributed by atoms with Crippen molar-refractivity contribution in [3.63, 3.8) is 0 Å². The molecule has 2 N–H and O–H groups in total. The monoisotopic (exact) mass is 510 g/mol. The number of benzene rings is 2. The summed E-state index contributed by atoms with van der Waals surface area (Å²) in [5.74, 6) is 1.64. The first-order valence-electron chi connectivity index (χ1n) is 9.59. The zero-order valence-corrected chi connectivity index (χ0v) is 19.9. The highest BCUT2D eigenvalue weighted by Gasteiger charge is 2.07. The molecule has 0 aliphatic rings. The molecular weight excluding hydrogens is 479 g/mol. The molecule has 0 spiro atoms. The minimum atomic E-state index is -0.0796. The van der Waals surface area contributed by atoms with Crippen molar-refractivity contribution in [3.05, 3.63) is 59.7 Å². The average molecular weight is 510 g/mol. The summed E-state index contributed by atoms with van der Waals surface area (Å²) < 4.78 is 5.50. The van der Waals surface area contributed by atoms with Crippen molar-refractivity contribution in [1.29, 1.82) is 0 Å². The maximum atomic E-state index is 11.2. The van der Waals surface area contributed by atoms with Crippen molar-refractivity contribution in [2.24, 2.45) is 4.99 Å². The Balaban J connectivity index is 0.00000420. The van der Waals surface area contributed by atoms with Crippen LogP contribution in [0.4, 0.5) is 5.69 Å². The van der Waals surface area contributed by atoms with Gasteiger partial charge in [0.05, 0.1) is 13.2 Å². The molecule has 0 heterocycles. The van der Waals surface area contributed by atoms with Gasteiger partial charge in [-0.2, -0.15) is 0 Å². The zero-order chi connectivity index (χ0) is 20.4. The Labute approximate surface area is 190 Å². The van der Waals surface area contributed by atoms with Crippen molar-refractivity contribution < 1.29 is 9.53 Å². The van der Waals surface area contributed by atoms with E-state index in [0.717, 1.165) is 36.0 Å². The minimum absolute atomic E-state index is 0. The summed E-state index contributed by atoms with van der Waals surface area (Å²) in [7, 11) is 2.02. The zero-order valence-electron chi connectivity index (χ0n) is 17.6. The summed E-state index contributed by atoms with van der Waals surface area (Å²) in [6.07, 6.45) is 0. The maximum absolute atomic E-state index is 11.2. The van der Waals surface area contributed by atoms with Gasteiger partial charge in [0.1, 0.15) is 5.75 Å². The van der Waals surface area contributed by atoms with Crippen LogP contribution >= 0.6 is 24.0 Å². The Morgan fingerprint density at radius 1 is 1.10 bits per heavy atom. The number of amides is 1. The first-order chi connectivity index (χ1) is 13.5. The summed E-state index contributed by atoms with van der Waals surface area (Å²) in [5.41, 5.74) is 3.01. The molecule has 0 unspecified atom stereocenters. The number of hydrogen-bond donors (Lipinski definition) is 2. The van der Waals surface area contributed by atoms with E-state index in [2.05, 4.69) is 34.6 Å². The fraction of sp³-hybridized carbons (Fsp3) is 0.364. The van der Waals surface area contributed by atoms with E-state index in [4.69, 9.17) is 9.73 Å². The third-order valence-electron chi connectivity index (χ3n) is 4.01. The van der Waals surface area contributed by atoms with Crippen LogP contribution in [0.2, 0.25) is 0 Å². The average Bonchev–Trinajstić information content (AvgIpc) is 2.66. The van der Waals surface area contributed by atoms with E-state index in [0.29, 0.717) is 13.2 Å². The van der Waals surface area contributed by atoms with Crippen LogP contribution in [0.5, 0.6) is 5.75 Å². The molecule has 0 aromatic heterocycles.